The molecule has 2 aromatic rings. The first-order valence-corrected chi connectivity index (χ1v) is 8.99. The second-order valence-electron chi connectivity index (χ2n) is 5.33. The highest BCUT2D eigenvalue weighted by Gasteiger charge is 2.18. The van der Waals surface area contributed by atoms with Crippen LogP contribution >= 0.6 is 0 Å². The normalized spacial score (nSPS) is 11.2. The number of hydrogen-bond donors (Lipinski definition) is 2. The van der Waals surface area contributed by atoms with E-state index in [0.29, 0.717) is 13.0 Å². The molecule has 0 aliphatic heterocycles. The molecule has 0 aromatic heterocycles. The largest absolute Gasteiger partial charge is 0.384 e. The van der Waals surface area contributed by atoms with Gasteiger partial charge in [-0.05, 0) is 30.0 Å². The summed E-state index contributed by atoms with van der Waals surface area (Å²) in [5.41, 5.74) is 2.30. The Balaban J connectivity index is 2.12. The minimum Gasteiger partial charge on any atom is -0.384 e. The van der Waals surface area contributed by atoms with Gasteiger partial charge >= 0.3 is 0 Å². The van der Waals surface area contributed by atoms with Gasteiger partial charge in [0.1, 0.15) is 4.90 Å². The van der Waals surface area contributed by atoms with Crippen molar-refractivity contribution in [1.29, 1.82) is 0 Å². The highest BCUT2D eigenvalue weighted by Crippen LogP contribution is 2.25. The molecule has 0 spiro atoms. The molecule has 0 radical (unpaired) electrons. The van der Waals surface area contributed by atoms with Crippen LogP contribution in [0.25, 0.3) is 0 Å². The lowest BCUT2D eigenvalue weighted by Gasteiger charge is -2.11. The molecule has 0 aliphatic carbocycles. The van der Waals surface area contributed by atoms with Gasteiger partial charge in [0.05, 0.1) is 10.6 Å². The molecule has 8 heteroatoms. The minimum absolute atomic E-state index is 0.258. The highest BCUT2D eigenvalue weighted by molar-refractivity contribution is 7.89. The maximum Gasteiger partial charge on any atom is 0.270 e. The number of nitrogens with two attached hydrogens (primary N) is 1. The number of benzene rings is 2. The molecule has 0 heterocycles. The van der Waals surface area contributed by atoms with Gasteiger partial charge in [-0.15, -0.1) is 0 Å². The molecule has 7 nitrogen and oxygen atoms in total. The van der Waals surface area contributed by atoms with Crippen LogP contribution in [-0.4, -0.2) is 19.9 Å². The molecule has 0 atom stereocenters. The summed E-state index contributed by atoms with van der Waals surface area (Å²) >= 11 is 0. The molecule has 0 saturated carbocycles. The van der Waals surface area contributed by atoms with Crippen LogP contribution in [0.15, 0.2) is 47.4 Å². The van der Waals surface area contributed by atoms with E-state index >= 15 is 0 Å². The van der Waals surface area contributed by atoms with Crippen LogP contribution in [0.1, 0.15) is 18.1 Å². The fraction of sp³-hybridized carbons (Fsp3) is 0.250. The van der Waals surface area contributed by atoms with Crippen molar-refractivity contribution >= 4 is 21.4 Å². The van der Waals surface area contributed by atoms with Crippen LogP contribution in [0.5, 0.6) is 0 Å². The number of rotatable bonds is 7. The average Bonchev–Trinajstić information content (AvgIpc) is 2.54. The molecule has 2 rings (SSSR count). The van der Waals surface area contributed by atoms with E-state index in [4.69, 9.17) is 5.14 Å². The fourth-order valence-corrected chi connectivity index (χ4v) is 3.02. The van der Waals surface area contributed by atoms with Crippen LogP contribution in [0.4, 0.5) is 11.4 Å². The van der Waals surface area contributed by atoms with E-state index in [0.717, 1.165) is 18.1 Å². The molecule has 128 valence electrons. The molecule has 0 amide bonds. The highest BCUT2D eigenvalue weighted by atomic mass is 32.2. The van der Waals surface area contributed by atoms with Crippen LogP contribution < -0.4 is 10.5 Å². The van der Waals surface area contributed by atoms with E-state index in [1.807, 2.05) is 12.1 Å². The monoisotopic (exact) mass is 349 g/mol. The predicted octanol–water partition coefficient (Wildman–Crippen LogP) is 2.46. The number of nitrogens with zero attached hydrogens (tertiary/aromatic N) is 1. The van der Waals surface area contributed by atoms with Gasteiger partial charge < -0.3 is 5.32 Å². The molecule has 0 bridgehead atoms. The summed E-state index contributed by atoms with van der Waals surface area (Å²) in [5.74, 6) is 0. The van der Waals surface area contributed by atoms with Crippen molar-refractivity contribution in [3.05, 3.63) is 63.7 Å². The zero-order valence-corrected chi connectivity index (χ0v) is 14.0. The van der Waals surface area contributed by atoms with Crippen molar-refractivity contribution in [2.24, 2.45) is 5.14 Å². The van der Waals surface area contributed by atoms with Crippen LogP contribution in [0, 0.1) is 10.1 Å². The second kappa shape index (κ2) is 7.41. The van der Waals surface area contributed by atoms with Crippen molar-refractivity contribution in [1.82, 2.24) is 0 Å². The predicted molar refractivity (Wildman–Crippen MR) is 92.5 cm³/mol. The van der Waals surface area contributed by atoms with Gasteiger partial charge in [0.25, 0.3) is 5.69 Å². The zero-order valence-electron chi connectivity index (χ0n) is 13.2. The SMILES string of the molecule is CCc1ccc(CCNc2ccc([N+](=O)[O-])cc2S(N)(=O)=O)cc1. The van der Waals surface area contributed by atoms with E-state index in [-0.39, 0.29) is 16.3 Å². The maximum absolute atomic E-state index is 11.6. The molecule has 0 aliphatic rings. The third-order valence-corrected chi connectivity index (χ3v) is 4.59. The molecule has 24 heavy (non-hydrogen) atoms. The number of non-ortho nitro benzene ring substituents is 1. The summed E-state index contributed by atoms with van der Waals surface area (Å²) in [6.45, 7) is 2.56. The van der Waals surface area contributed by atoms with Crippen molar-refractivity contribution in [3.63, 3.8) is 0 Å². The fourth-order valence-electron chi connectivity index (χ4n) is 2.29. The van der Waals surface area contributed by atoms with Gasteiger partial charge in [-0.25, -0.2) is 13.6 Å². The Morgan fingerprint density at radius 2 is 1.75 bits per heavy atom. The van der Waals surface area contributed by atoms with Crippen molar-refractivity contribution in [2.75, 3.05) is 11.9 Å². The van der Waals surface area contributed by atoms with E-state index in [9.17, 15) is 18.5 Å². The van der Waals surface area contributed by atoms with Crippen molar-refractivity contribution < 1.29 is 13.3 Å². The summed E-state index contributed by atoms with van der Waals surface area (Å²) in [5, 5.41) is 18.9. The number of aryl methyl sites for hydroxylation is 1. The third-order valence-electron chi connectivity index (χ3n) is 3.64. The quantitative estimate of drug-likeness (QED) is 0.588. The topological polar surface area (TPSA) is 115 Å². The Bertz CT molecular complexity index is 833. The average molecular weight is 349 g/mol. The zero-order chi connectivity index (χ0) is 17.7. The smallest absolute Gasteiger partial charge is 0.270 e. The third kappa shape index (κ3) is 4.53. The van der Waals surface area contributed by atoms with Crippen LogP contribution in [-0.2, 0) is 22.9 Å². The first-order chi connectivity index (χ1) is 11.3. The Labute approximate surface area is 140 Å². The van der Waals surface area contributed by atoms with Gasteiger partial charge in [-0.2, -0.15) is 0 Å². The Morgan fingerprint density at radius 3 is 2.29 bits per heavy atom. The minimum atomic E-state index is -4.06. The molecule has 0 fully saturated rings. The Kier molecular flexibility index (Phi) is 5.53. The second-order valence-corrected chi connectivity index (χ2v) is 6.86. The number of primary sulfonamides is 1. The summed E-state index contributed by atoms with van der Waals surface area (Å²) in [6.07, 6.45) is 1.66. The lowest BCUT2D eigenvalue weighted by atomic mass is 10.1. The number of nitro benzene ring substituents is 1. The van der Waals surface area contributed by atoms with E-state index in [2.05, 4.69) is 24.4 Å². The maximum atomic E-state index is 11.6. The number of sulfonamides is 1. The number of hydrogen-bond acceptors (Lipinski definition) is 5. The Morgan fingerprint density at radius 1 is 1.12 bits per heavy atom. The van der Waals surface area contributed by atoms with Gasteiger partial charge in [-0.3, -0.25) is 10.1 Å². The van der Waals surface area contributed by atoms with Crippen molar-refractivity contribution in [2.45, 2.75) is 24.7 Å². The molecule has 0 saturated heterocycles. The number of anilines is 1. The van der Waals surface area contributed by atoms with Crippen LogP contribution in [0.3, 0.4) is 0 Å². The standard InChI is InChI=1S/C16H19N3O4S/c1-2-12-3-5-13(6-4-12)9-10-18-15-8-7-14(19(20)21)11-16(15)24(17,22)23/h3-8,11,18H,2,9-10H2,1H3,(H2,17,22,23). The lowest BCUT2D eigenvalue weighted by molar-refractivity contribution is -0.385. The lowest BCUT2D eigenvalue weighted by Crippen LogP contribution is -2.16. The summed E-state index contributed by atoms with van der Waals surface area (Å²) < 4.78 is 23.3. The van der Waals surface area contributed by atoms with E-state index in [1.54, 1.807) is 0 Å². The van der Waals surface area contributed by atoms with Gasteiger partial charge in [0.15, 0.2) is 0 Å². The van der Waals surface area contributed by atoms with E-state index < -0.39 is 14.9 Å². The summed E-state index contributed by atoms with van der Waals surface area (Å²) in [4.78, 5) is 9.85. The van der Waals surface area contributed by atoms with Gasteiger partial charge in [0.2, 0.25) is 10.0 Å². The molecule has 0 unspecified atom stereocenters. The van der Waals surface area contributed by atoms with E-state index in [1.165, 1.54) is 17.7 Å². The first-order valence-electron chi connectivity index (χ1n) is 7.44. The number of nitro groups is 1. The first kappa shape index (κ1) is 17.9. The number of nitrogens with one attached hydrogen (secondary N) is 1. The Hall–Kier alpha value is -2.45. The van der Waals surface area contributed by atoms with Gasteiger partial charge in [0, 0.05) is 18.7 Å². The van der Waals surface area contributed by atoms with Crippen LogP contribution in [0.2, 0.25) is 0 Å². The van der Waals surface area contributed by atoms with Crippen molar-refractivity contribution in [3.8, 4) is 0 Å². The molecular weight excluding hydrogens is 330 g/mol. The molecule has 3 N–H and O–H groups in total. The summed E-state index contributed by atoms with van der Waals surface area (Å²) in [6, 6.07) is 11.7. The summed E-state index contributed by atoms with van der Waals surface area (Å²) in [7, 11) is -4.06. The molecular formula is C16H19N3O4S. The van der Waals surface area contributed by atoms with Gasteiger partial charge in [-0.1, -0.05) is 31.2 Å². The molecule has 2 aromatic carbocycles.